The van der Waals surface area contributed by atoms with Crippen molar-refractivity contribution in [2.24, 2.45) is 0 Å². The number of aliphatic hydroxyl groups excluding tert-OH is 1. The Bertz CT molecular complexity index is 337. The zero-order valence-corrected chi connectivity index (χ0v) is 8.89. The van der Waals surface area contributed by atoms with Crippen molar-refractivity contribution >= 4 is 15.9 Å². The van der Waals surface area contributed by atoms with E-state index in [0.717, 1.165) is 18.2 Å². The average Bonchev–Trinajstić information content (AvgIpc) is 2.15. The van der Waals surface area contributed by atoms with Gasteiger partial charge in [-0.25, -0.2) is 8.78 Å². The van der Waals surface area contributed by atoms with E-state index in [-0.39, 0.29) is 5.56 Å². The molecule has 1 aromatic carbocycles. The molecule has 0 aliphatic rings. The van der Waals surface area contributed by atoms with Crippen LogP contribution in [0.25, 0.3) is 0 Å². The third-order valence-corrected chi connectivity index (χ3v) is 2.22. The van der Waals surface area contributed by atoms with Gasteiger partial charge in [0.2, 0.25) is 0 Å². The molecular formula is C9H7BrF4O. The maximum absolute atomic E-state index is 12.6. The van der Waals surface area contributed by atoms with E-state index < -0.39 is 22.9 Å². The fourth-order valence-electron chi connectivity index (χ4n) is 1.05. The Morgan fingerprint density at radius 3 is 2.20 bits per heavy atom. The highest BCUT2D eigenvalue weighted by atomic mass is 79.9. The van der Waals surface area contributed by atoms with Gasteiger partial charge in [-0.15, -0.1) is 0 Å². The minimum atomic E-state index is -3.53. The number of benzene rings is 1. The first-order valence-electron chi connectivity index (χ1n) is 3.95. The van der Waals surface area contributed by atoms with Crippen LogP contribution in [0.5, 0.6) is 0 Å². The topological polar surface area (TPSA) is 20.2 Å². The van der Waals surface area contributed by atoms with Gasteiger partial charge in [-0.2, -0.15) is 8.78 Å². The van der Waals surface area contributed by atoms with Gasteiger partial charge < -0.3 is 5.11 Å². The molecule has 1 unspecified atom stereocenters. The quantitative estimate of drug-likeness (QED) is 0.664. The normalized spacial score (nSPS) is 14.3. The third kappa shape index (κ3) is 3.17. The molecular weight excluding hydrogens is 280 g/mol. The maximum Gasteiger partial charge on any atom is 0.330 e. The molecule has 0 fully saturated rings. The second kappa shape index (κ2) is 4.49. The van der Waals surface area contributed by atoms with Gasteiger partial charge in [0.15, 0.2) is 6.10 Å². The number of rotatable bonds is 3. The fraction of sp³-hybridized carbons (Fsp3) is 0.333. The molecule has 0 spiro atoms. The predicted molar refractivity (Wildman–Crippen MR) is 50.2 cm³/mol. The van der Waals surface area contributed by atoms with Crippen molar-refractivity contribution in [3.8, 4) is 0 Å². The molecule has 0 bridgehead atoms. The summed E-state index contributed by atoms with van der Waals surface area (Å²) in [5.41, 5.74) is -0.655. The van der Waals surface area contributed by atoms with Gasteiger partial charge >= 0.3 is 4.83 Å². The Hall–Kier alpha value is -0.620. The van der Waals surface area contributed by atoms with Crippen molar-refractivity contribution in [3.05, 3.63) is 35.4 Å². The number of alkyl halides is 5. The van der Waals surface area contributed by atoms with Crippen molar-refractivity contribution in [2.45, 2.75) is 17.4 Å². The zero-order chi connectivity index (χ0) is 11.6. The van der Waals surface area contributed by atoms with E-state index in [0.29, 0.717) is 0 Å². The smallest absolute Gasteiger partial charge is 0.330 e. The molecule has 1 rings (SSSR count). The van der Waals surface area contributed by atoms with E-state index in [4.69, 9.17) is 5.11 Å². The number of aliphatic hydroxyl groups is 1. The van der Waals surface area contributed by atoms with Gasteiger partial charge in [-0.1, -0.05) is 18.2 Å². The molecule has 1 nitrogen and oxygen atoms in total. The van der Waals surface area contributed by atoms with Crippen LogP contribution in [0.2, 0.25) is 0 Å². The summed E-state index contributed by atoms with van der Waals surface area (Å²) in [6.07, 6.45) is -4.89. The number of halogens is 5. The molecule has 0 radical (unpaired) electrons. The predicted octanol–water partition coefficient (Wildman–Crippen LogP) is 3.65. The van der Waals surface area contributed by atoms with E-state index >= 15 is 0 Å². The molecule has 0 aliphatic carbocycles. The van der Waals surface area contributed by atoms with Crippen LogP contribution in [0.1, 0.15) is 23.7 Å². The SMILES string of the molecule is OC(c1cccc(C(F)F)c1)C(F)(F)Br. The highest BCUT2D eigenvalue weighted by Crippen LogP contribution is 2.37. The second-order valence-corrected chi connectivity index (χ2v) is 3.97. The van der Waals surface area contributed by atoms with Crippen LogP contribution < -0.4 is 0 Å². The molecule has 0 aliphatic heterocycles. The first kappa shape index (κ1) is 12.4. The van der Waals surface area contributed by atoms with E-state index in [1.165, 1.54) is 6.07 Å². The molecule has 1 N–H and O–H groups in total. The summed E-state index contributed by atoms with van der Waals surface area (Å²) >= 11 is 1.97. The summed E-state index contributed by atoms with van der Waals surface area (Å²) < 4.78 is 49.7. The Kier molecular flexibility index (Phi) is 3.72. The monoisotopic (exact) mass is 286 g/mol. The van der Waals surface area contributed by atoms with Gasteiger partial charge in [-0.3, -0.25) is 0 Å². The van der Waals surface area contributed by atoms with Crippen LogP contribution in [0.4, 0.5) is 17.6 Å². The highest BCUT2D eigenvalue weighted by Gasteiger charge is 2.36. The average molecular weight is 287 g/mol. The molecule has 1 atom stereocenters. The van der Waals surface area contributed by atoms with Crippen LogP contribution in [-0.2, 0) is 0 Å². The van der Waals surface area contributed by atoms with Crippen LogP contribution in [-0.4, -0.2) is 9.94 Å². The Balaban J connectivity index is 3.00. The minimum absolute atomic E-state index is 0.255. The molecule has 0 heterocycles. The van der Waals surface area contributed by atoms with Gasteiger partial charge in [-0.05, 0) is 27.6 Å². The molecule has 0 saturated carbocycles. The van der Waals surface area contributed by atoms with Gasteiger partial charge in [0.1, 0.15) is 0 Å². The Labute approximate surface area is 91.9 Å². The molecule has 6 heteroatoms. The molecule has 84 valence electrons. The van der Waals surface area contributed by atoms with Gasteiger partial charge in [0.25, 0.3) is 6.43 Å². The largest absolute Gasteiger partial charge is 0.381 e. The summed E-state index contributed by atoms with van der Waals surface area (Å²) in [5, 5.41) is 9.12. The van der Waals surface area contributed by atoms with Crippen molar-refractivity contribution in [3.63, 3.8) is 0 Å². The lowest BCUT2D eigenvalue weighted by atomic mass is 10.1. The molecule has 15 heavy (non-hydrogen) atoms. The van der Waals surface area contributed by atoms with Crippen LogP contribution in [0, 0.1) is 0 Å². The Morgan fingerprint density at radius 1 is 1.20 bits per heavy atom. The summed E-state index contributed by atoms with van der Waals surface area (Å²) in [6.45, 7) is 0. The standard InChI is InChI=1S/C9H7BrF4O/c10-9(13,14)7(15)5-2-1-3-6(4-5)8(11)12/h1-4,7-8,15H. The molecule has 0 aromatic heterocycles. The first-order valence-corrected chi connectivity index (χ1v) is 4.74. The lowest BCUT2D eigenvalue weighted by Crippen LogP contribution is -2.18. The lowest BCUT2D eigenvalue weighted by Gasteiger charge is -2.17. The van der Waals surface area contributed by atoms with Crippen LogP contribution in [0.15, 0.2) is 24.3 Å². The fourth-order valence-corrected chi connectivity index (χ4v) is 1.32. The van der Waals surface area contributed by atoms with E-state index in [1.807, 2.05) is 15.9 Å². The number of hydrogen-bond acceptors (Lipinski definition) is 1. The third-order valence-electron chi connectivity index (χ3n) is 1.79. The van der Waals surface area contributed by atoms with E-state index in [2.05, 4.69) is 0 Å². The first-order chi connectivity index (χ1) is 6.82. The summed E-state index contributed by atoms with van der Waals surface area (Å²) in [7, 11) is 0. The summed E-state index contributed by atoms with van der Waals surface area (Å²) in [6, 6.07) is 4.31. The van der Waals surface area contributed by atoms with Crippen LogP contribution >= 0.6 is 15.9 Å². The van der Waals surface area contributed by atoms with Gasteiger partial charge in [0, 0.05) is 5.56 Å². The maximum atomic E-state index is 12.6. The number of hydrogen-bond donors (Lipinski definition) is 1. The van der Waals surface area contributed by atoms with Crippen molar-refractivity contribution < 1.29 is 22.7 Å². The van der Waals surface area contributed by atoms with Crippen LogP contribution in [0.3, 0.4) is 0 Å². The van der Waals surface area contributed by atoms with Crippen molar-refractivity contribution in [1.82, 2.24) is 0 Å². The van der Waals surface area contributed by atoms with Crippen molar-refractivity contribution in [1.29, 1.82) is 0 Å². The lowest BCUT2D eigenvalue weighted by molar-refractivity contribution is -0.0296. The zero-order valence-electron chi connectivity index (χ0n) is 7.30. The minimum Gasteiger partial charge on any atom is -0.381 e. The van der Waals surface area contributed by atoms with Crippen molar-refractivity contribution in [2.75, 3.05) is 0 Å². The second-order valence-electron chi connectivity index (χ2n) is 2.91. The van der Waals surface area contributed by atoms with Gasteiger partial charge in [0.05, 0.1) is 0 Å². The molecule has 0 amide bonds. The highest BCUT2D eigenvalue weighted by molar-refractivity contribution is 9.10. The summed E-state index contributed by atoms with van der Waals surface area (Å²) in [5.74, 6) is 0. The molecule has 1 aromatic rings. The van der Waals surface area contributed by atoms with E-state index in [9.17, 15) is 17.6 Å². The summed E-state index contributed by atoms with van der Waals surface area (Å²) in [4.78, 5) is -3.53. The molecule has 0 saturated heterocycles. The van der Waals surface area contributed by atoms with E-state index in [1.54, 1.807) is 0 Å². The Morgan fingerprint density at radius 2 is 1.73 bits per heavy atom.